The van der Waals surface area contributed by atoms with Crippen LogP contribution < -0.4 is 0 Å². The zero-order valence-electron chi connectivity index (χ0n) is 18.0. The molecule has 2 aromatic rings. The van der Waals surface area contributed by atoms with Gasteiger partial charge in [0.25, 0.3) is 0 Å². The molecule has 5 heteroatoms. The molecule has 0 aliphatic carbocycles. The second-order valence-corrected chi connectivity index (χ2v) is 8.03. The van der Waals surface area contributed by atoms with E-state index in [0.29, 0.717) is 12.1 Å². The fraction of sp³-hybridized carbons (Fsp3) is 0.360. The topological polar surface area (TPSA) is 49.9 Å². The molecule has 0 spiro atoms. The van der Waals surface area contributed by atoms with Crippen molar-refractivity contribution in [1.82, 2.24) is 9.80 Å². The maximum absolute atomic E-state index is 11.2. The summed E-state index contributed by atoms with van der Waals surface area (Å²) in [7, 11) is 1.37. The predicted octanol–water partition coefficient (Wildman–Crippen LogP) is 3.78. The standard InChI is InChI=1S/C25H30N2O3/c1-19-14-26(16-22-9-7-21(8-10-22)11-12-25(29)30-3)15-20(2)27(19)17-23-5-4-6-24(13-23)18-28/h4-13,18-20H,14-17H2,1-3H3/t19-,20+. The lowest BCUT2D eigenvalue weighted by molar-refractivity contribution is -0.134. The molecule has 2 aromatic carbocycles. The van der Waals surface area contributed by atoms with Crippen molar-refractivity contribution in [2.75, 3.05) is 20.2 Å². The maximum atomic E-state index is 11.2. The largest absolute Gasteiger partial charge is 0.466 e. The molecule has 5 nitrogen and oxygen atoms in total. The van der Waals surface area contributed by atoms with Crippen molar-refractivity contribution in [3.63, 3.8) is 0 Å². The Bertz CT molecular complexity index is 880. The third-order valence-corrected chi connectivity index (χ3v) is 5.63. The van der Waals surface area contributed by atoms with E-state index in [0.717, 1.165) is 43.6 Å². The lowest BCUT2D eigenvalue weighted by Gasteiger charge is -2.44. The van der Waals surface area contributed by atoms with Crippen LogP contribution in [0.5, 0.6) is 0 Å². The quantitative estimate of drug-likeness (QED) is 0.398. The average Bonchev–Trinajstić information content (AvgIpc) is 2.75. The van der Waals surface area contributed by atoms with Gasteiger partial charge in [-0.05, 0) is 42.7 Å². The molecular formula is C25H30N2O3. The Morgan fingerprint density at radius 2 is 1.70 bits per heavy atom. The number of hydrogen-bond donors (Lipinski definition) is 0. The number of aldehydes is 1. The minimum absolute atomic E-state index is 0.349. The first-order valence-electron chi connectivity index (χ1n) is 10.4. The smallest absolute Gasteiger partial charge is 0.330 e. The minimum Gasteiger partial charge on any atom is -0.466 e. The molecule has 0 bridgehead atoms. The molecule has 158 valence electrons. The second kappa shape index (κ2) is 10.3. The van der Waals surface area contributed by atoms with Gasteiger partial charge in [0.2, 0.25) is 0 Å². The van der Waals surface area contributed by atoms with Gasteiger partial charge >= 0.3 is 5.97 Å². The number of esters is 1. The van der Waals surface area contributed by atoms with E-state index in [2.05, 4.69) is 46.6 Å². The Morgan fingerprint density at radius 1 is 1.00 bits per heavy atom. The van der Waals surface area contributed by atoms with E-state index in [9.17, 15) is 9.59 Å². The van der Waals surface area contributed by atoms with Gasteiger partial charge in [-0.3, -0.25) is 14.6 Å². The summed E-state index contributed by atoms with van der Waals surface area (Å²) in [5.74, 6) is -0.349. The fourth-order valence-corrected chi connectivity index (χ4v) is 4.11. The van der Waals surface area contributed by atoms with Crippen LogP contribution in [0.2, 0.25) is 0 Å². The van der Waals surface area contributed by atoms with Crippen LogP contribution >= 0.6 is 0 Å². The summed E-state index contributed by atoms with van der Waals surface area (Å²) in [6.07, 6.45) is 4.10. The molecule has 1 aliphatic rings. The minimum atomic E-state index is -0.349. The van der Waals surface area contributed by atoms with Crippen molar-refractivity contribution in [3.05, 3.63) is 76.9 Å². The zero-order chi connectivity index (χ0) is 21.5. The number of piperazine rings is 1. The van der Waals surface area contributed by atoms with Crippen LogP contribution in [0.1, 0.15) is 40.9 Å². The highest BCUT2D eigenvalue weighted by Crippen LogP contribution is 2.21. The molecule has 1 aliphatic heterocycles. The monoisotopic (exact) mass is 406 g/mol. The van der Waals surface area contributed by atoms with Crippen molar-refractivity contribution in [1.29, 1.82) is 0 Å². The molecule has 0 N–H and O–H groups in total. The predicted molar refractivity (Wildman–Crippen MR) is 119 cm³/mol. The van der Waals surface area contributed by atoms with Crippen LogP contribution in [0.4, 0.5) is 0 Å². The molecule has 0 aromatic heterocycles. The number of ether oxygens (including phenoxy) is 1. The second-order valence-electron chi connectivity index (χ2n) is 8.03. The fourth-order valence-electron chi connectivity index (χ4n) is 4.11. The zero-order valence-corrected chi connectivity index (χ0v) is 18.0. The molecule has 2 atom stereocenters. The van der Waals surface area contributed by atoms with Crippen LogP contribution in [0.15, 0.2) is 54.6 Å². The van der Waals surface area contributed by atoms with Crippen LogP contribution in [0, 0.1) is 0 Å². The number of carbonyl (C=O) groups is 2. The average molecular weight is 407 g/mol. The highest BCUT2D eigenvalue weighted by atomic mass is 16.5. The molecule has 0 saturated carbocycles. The summed E-state index contributed by atoms with van der Waals surface area (Å²) in [4.78, 5) is 27.3. The first-order chi connectivity index (χ1) is 14.5. The van der Waals surface area contributed by atoms with Gasteiger partial charge in [0.05, 0.1) is 7.11 Å². The van der Waals surface area contributed by atoms with Gasteiger partial charge in [0, 0.05) is 49.9 Å². The van der Waals surface area contributed by atoms with E-state index in [-0.39, 0.29) is 5.97 Å². The Hall–Kier alpha value is -2.76. The Kier molecular flexibility index (Phi) is 7.55. The molecule has 30 heavy (non-hydrogen) atoms. The van der Waals surface area contributed by atoms with E-state index >= 15 is 0 Å². The van der Waals surface area contributed by atoms with Crippen LogP contribution in [-0.4, -0.2) is 54.3 Å². The van der Waals surface area contributed by atoms with Crippen molar-refractivity contribution < 1.29 is 14.3 Å². The van der Waals surface area contributed by atoms with Crippen molar-refractivity contribution in [2.24, 2.45) is 0 Å². The first kappa shape index (κ1) is 21.9. The summed E-state index contributed by atoms with van der Waals surface area (Å²) in [6.45, 7) is 8.31. The lowest BCUT2D eigenvalue weighted by atomic mass is 10.0. The molecule has 0 unspecified atom stereocenters. The van der Waals surface area contributed by atoms with Gasteiger partial charge in [0.15, 0.2) is 0 Å². The van der Waals surface area contributed by atoms with Gasteiger partial charge in [-0.2, -0.15) is 0 Å². The SMILES string of the molecule is COC(=O)C=Cc1ccc(CN2C[C@@H](C)N(Cc3cccc(C=O)c3)[C@@H](C)C2)cc1. The van der Waals surface area contributed by atoms with E-state index in [1.165, 1.54) is 24.3 Å². The van der Waals surface area contributed by atoms with E-state index in [1.807, 2.05) is 30.3 Å². The number of methoxy groups -OCH3 is 1. The van der Waals surface area contributed by atoms with E-state index in [1.54, 1.807) is 6.08 Å². The lowest BCUT2D eigenvalue weighted by Crippen LogP contribution is -2.55. The van der Waals surface area contributed by atoms with Gasteiger partial charge < -0.3 is 4.74 Å². The number of rotatable bonds is 7. The Morgan fingerprint density at radius 3 is 2.33 bits per heavy atom. The number of hydrogen-bond acceptors (Lipinski definition) is 5. The summed E-state index contributed by atoms with van der Waals surface area (Å²) >= 11 is 0. The Balaban J connectivity index is 1.58. The van der Waals surface area contributed by atoms with Crippen LogP contribution in [-0.2, 0) is 22.6 Å². The summed E-state index contributed by atoms with van der Waals surface area (Å²) in [5.41, 5.74) is 4.16. The van der Waals surface area contributed by atoms with E-state index in [4.69, 9.17) is 0 Å². The van der Waals surface area contributed by atoms with Crippen molar-refractivity contribution >= 4 is 18.3 Å². The number of benzene rings is 2. The van der Waals surface area contributed by atoms with Gasteiger partial charge in [-0.1, -0.05) is 42.5 Å². The molecule has 0 radical (unpaired) electrons. The highest BCUT2D eigenvalue weighted by Gasteiger charge is 2.29. The van der Waals surface area contributed by atoms with Crippen LogP contribution in [0.3, 0.4) is 0 Å². The van der Waals surface area contributed by atoms with Crippen molar-refractivity contribution in [3.8, 4) is 0 Å². The third-order valence-electron chi connectivity index (χ3n) is 5.63. The van der Waals surface area contributed by atoms with Crippen LogP contribution in [0.25, 0.3) is 6.08 Å². The number of carbonyl (C=O) groups excluding carboxylic acids is 2. The van der Waals surface area contributed by atoms with Gasteiger partial charge in [-0.15, -0.1) is 0 Å². The Labute approximate surface area is 178 Å². The summed E-state index contributed by atoms with van der Waals surface area (Å²) in [5, 5.41) is 0. The summed E-state index contributed by atoms with van der Waals surface area (Å²) in [6, 6.07) is 17.0. The number of nitrogens with zero attached hydrogens (tertiary/aromatic N) is 2. The van der Waals surface area contributed by atoms with E-state index < -0.39 is 0 Å². The highest BCUT2D eigenvalue weighted by molar-refractivity contribution is 5.86. The maximum Gasteiger partial charge on any atom is 0.330 e. The normalized spacial score (nSPS) is 20.4. The molecule has 1 saturated heterocycles. The third kappa shape index (κ3) is 5.88. The van der Waals surface area contributed by atoms with Gasteiger partial charge in [-0.25, -0.2) is 4.79 Å². The first-order valence-corrected chi connectivity index (χ1v) is 10.4. The molecular weight excluding hydrogens is 376 g/mol. The molecule has 3 rings (SSSR count). The summed E-state index contributed by atoms with van der Waals surface area (Å²) < 4.78 is 4.62. The molecule has 1 heterocycles. The van der Waals surface area contributed by atoms with Crippen molar-refractivity contribution in [2.45, 2.75) is 39.0 Å². The molecule has 0 amide bonds. The van der Waals surface area contributed by atoms with Gasteiger partial charge in [0.1, 0.15) is 6.29 Å². The molecule has 1 fully saturated rings.